The van der Waals surface area contributed by atoms with Gasteiger partial charge in [0, 0.05) is 13.1 Å². The molecular weight excluding hydrogens is 186 g/mol. The second-order valence-electron chi connectivity index (χ2n) is 3.28. The maximum Gasteiger partial charge on any atom is 0.295 e. The van der Waals surface area contributed by atoms with Crippen LogP contribution in [0.25, 0.3) is 0 Å². The molecule has 0 saturated carbocycles. The van der Waals surface area contributed by atoms with Gasteiger partial charge in [0.25, 0.3) is 11.7 Å². The molecule has 1 amide bonds. The minimum atomic E-state index is -0.431. The third-order valence-corrected chi connectivity index (χ3v) is 2.22. The Morgan fingerprint density at radius 3 is 3.14 bits per heavy atom. The van der Waals surface area contributed by atoms with Crippen LogP contribution in [0.3, 0.4) is 0 Å². The fourth-order valence-corrected chi connectivity index (χ4v) is 1.53. The van der Waals surface area contributed by atoms with Crippen molar-refractivity contribution in [2.75, 3.05) is 13.1 Å². The van der Waals surface area contributed by atoms with Crippen molar-refractivity contribution in [3.05, 3.63) is 5.82 Å². The number of hydrogen-bond donors (Lipinski definition) is 2. The summed E-state index contributed by atoms with van der Waals surface area (Å²) in [6, 6.07) is 0. The number of aromatic amines is 1. The van der Waals surface area contributed by atoms with Crippen LogP contribution in [0.2, 0.25) is 0 Å². The average molecular weight is 197 g/mol. The Kier molecular flexibility index (Phi) is 2.40. The van der Waals surface area contributed by atoms with Crippen LogP contribution in [0.15, 0.2) is 0 Å². The van der Waals surface area contributed by atoms with Crippen LogP contribution in [-0.2, 0) is 0 Å². The number of aliphatic hydroxyl groups excluding tert-OH is 1. The molecule has 1 unspecified atom stereocenters. The molecule has 0 aliphatic carbocycles. The number of amides is 1. The van der Waals surface area contributed by atoms with Crippen LogP contribution in [0.1, 0.15) is 23.5 Å². The van der Waals surface area contributed by atoms with Crippen molar-refractivity contribution in [1.82, 2.24) is 25.5 Å². The van der Waals surface area contributed by atoms with E-state index in [1.165, 1.54) is 0 Å². The molecule has 1 atom stereocenters. The number of carbonyl (C=O) groups excluding carboxylic acids is 1. The first kappa shape index (κ1) is 9.07. The van der Waals surface area contributed by atoms with Crippen molar-refractivity contribution in [3.63, 3.8) is 0 Å². The van der Waals surface area contributed by atoms with Crippen molar-refractivity contribution in [2.24, 2.45) is 0 Å². The molecule has 1 aliphatic rings. The van der Waals surface area contributed by atoms with E-state index in [2.05, 4.69) is 20.6 Å². The highest BCUT2D eigenvalue weighted by Gasteiger charge is 2.25. The second kappa shape index (κ2) is 3.70. The predicted molar refractivity (Wildman–Crippen MR) is 45.3 cm³/mol. The molecule has 14 heavy (non-hydrogen) atoms. The molecule has 2 heterocycles. The number of aliphatic hydroxyl groups is 1. The van der Waals surface area contributed by atoms with Gasteiger partial charge in [0.15, 0.2) is 0 Å². The Morgan fingerprint density at radius 1 is 1.64 bits per heavy atom. The first-order valence-electron chi connectivity index (χ1n) is 4.48. The first-order valence-corrected chi connectivity index (χ1v) is 4.48. The van der Waals surface area contributed by atoms with E-state index >= 15 is 0 Å². The van der Waals surface area contributed by atoms with Gasteiger partial charge in [0.05, 0.1) is 6.10 Å². The van der Waals surface area contributed by atoms with E-state index in [1.807, 2.05) is 0 Å². The van der Waals surface area contributed by atoms with E-state index in [-0.39, 0.29) is 11.7 Å². The number of carbonyl (C=O) groups is 1. The molecule has 76 valence electrons. The Hall–Kier alpha value is -1.50. The Bertz CT molecular complexity index is 312. The van der Waals surface area contributed by atoms with Gasteiger partial charge in [-0.2, -0.15) is 5.21 Å². The van der Waals surface area contributed by atoms with Crippen molar-refractivity contribution >= 4 is 5.91 Å². The third-order valence-electron chi connectivity index (χ3n) is 2.22. The topological polar surface area (TPSA) is 95.0 Å². The highest BCUT2D eigenvalue weighted by atomic mass is 16.3. The van der Waals surface area contributed by atoms with Crippen LogP contribution in [0, 0.1) is 0 Å². The van der Waals surface area contributed by atoms with Crippen LogP contribution < -0.4 is 0 Å². The predicted octanol–water partition coefficient (Wildman–Crippen LogP) is -1.20. The lowest BCUT2D eigenvalue weighted by molar-refractivity contribution is 0.0464. The van der Waals surface area contributed by atoms with Crippen molar-refractivity contribution < 1.29 is 9.90 Å². The number of piperidine rings is 1. The third kappa shape index (κ3) is 1.72. The number of rotatable bonds is 1. The summed E-state index contributed by atoms with van der Waals surface area (Å²) in [4.78, 5) is 13.2. The lowest BCUT2D eigenvalue weighted by Crippen LogP contribution is -2.42. The number of tetrazole rings is 1. The number of nitrogens with zero attached hydrogens (tertiary/aromatic N) is 4. The molecule has 1 aliphatic heterocycles. The van der Waals surface area contributed by atoms with Gasteiger partial charge in [0.1, 0.15) is 0 Å². The standard InChI is InChI=1S/C7H11N5O2/c13-5-2-1-3-12(4-5)7(14)6-8-10-11-9-6/h5,13H,1-4H2,(H,8,9,10,11). The van der Waals surface area contributed by atoms with E-state index < -0.39 is 6.10 Å². The largest absolute Gasteiger partial charge is 0.391 e. The number of hydrogen-bond acceptors (Lipinski definition) is 5. The lowest BCUT2D eigenvalue weighted by atomic mass is 10.1. The van der Waals surface area contributed by atoms with Gasteiger partial charge in [-0.05, 0) is 18.1 Å². The van der Waals surface area contributed by atoms with Crippen molar-refractivity contribution in [3.8, 4) is 0 Å². The summed E-state index contributed by atoms with van der Waals surface area (Å²) in [5.41, 5.74) is 0. The molecule has 7 heteroatoms. The molecule has 2 rings (SSSR count). The fourth-order valence-electron chi connectivity index (χ4n) is 1.53. The average Bonchev–Trinajstić information content (AvgIpc) is 2.69. The molecule has 0 radical (unpaired) electrons. The minimum absolute atomic E-state index is 0.0547. The molecule has 1 saturated heterocycles. The zero-order valence-corrected chi connectivity index (χ0v) is 7.55. The number of aromatic nitrogens is 4. The fraction of sp³-hybridized carbons (Fsp3) is 0.714. The molecule has 1 aromatic heterocycles. The summed E-state index contributed by atoms with van der Waals surface area (Å²) in [5.74, 6) is -0.225. The maximum absolute atomic E-state index is 11.6. The first-order chi connectivity index (χ1) is 6.77. The molecule has 0 spiro atoms. The summed E-state index contributed by atoms with van der Waals surface area (Å²) in [7, 11) is 0. The quantitative estimate of drug-likeness (QED) is 0.589. The molecule has 1 aromatic rings. The number of β-amino-alcohol motifs (C(OH)–C–C–N with tert-alkyl or cyclic N) is 1. The summed E-state index contributed by atoms with van der Waals surface area (Å²) < 4.78 is 0. The second-order valence-corrected chi connectivity index (χ2v) is 3.28. The Labute approximate surface area is 80.1 Å². The lowest BCUT2D eigenvalue weighted by Gasteiger charge is -2.28. The van der Waals surface area contributed by atoms with E-state index in [1.54, 1.807) is 4.90 Å². The van der Waals surface area contributed by atoms with Gasteiger partial charge in [-0.25, -0.2) is 0 Å². The molecule has 7 nitrogen and oxygen atoms in total. The molecule has 0 bridgehead atoms. The zero-order chi connectivity index (χ0) is 9.97. The van der Waals surface area contributed by atoms with E-state index in [4.69, 9.17) is 0 Å². The zero-order valence-electron chi connectivity index (χ0n) is 7.55. The smallest absolute Gasteiger partial charge is 0.295 e. The van der Waals surface area contributed by atoms with Gasteiger partial charge in [-0.15, -0.1) is 10.2 Å². The monoisotopic (exact) mass is 197 g/mol. The normalized spacial score (nSPS) is 22.4. The molecular formula is C7H11N5O2. The number of nitrogens with one attached hydrogen (secondary N) is 1. The Balaban J connectivity index is 2.04. The highest BCUT2D eigenvalue weighted by molar-refractivity contribution is 5.90. The minimum Gasteiger partial charge on any atom is -0.391 e. The molecule has 0 aromatic carbocycles. The highest BCUT2D eigenvalue weighted by Crippen LogP contribution is 2.11. The van der Waals surface area contributed by atoms with Crippen LogP contribution in [-0.4, -0.2) is 55.7 Å². The van der Waals surface area contributed by atoms with Crippen LogP contribution in [0.4, 0.5) is 0 Å². The summed E-state index contributed by atoms with van der Waals surface area (Å²) in [6.45, 7) is 0.998. The maximum atomic E-state index is 11.6. The Morgan fingerprint density at radius 2 is 2.50 bits per heavy atom. The van der Waals surface area contributed by atoms with Crippen molar-refractivity contribution in [2.45, 2.75) is 18.9 Å². The van der Waals surface area contributed by atoms with E-state index in [0.29, 0.717) is 13.1 Å². The van der Waals surface area contributed by atoms with Gasteiger partial charge in [-0.1, -0.05) is 0 Å². The number of likely N-dealkylation sites (tertiary alicyclic amines) is 1. The summed E-state index contributed by atoms with van der Waals surface area (Å²) >= 11 is 0. The number of H-pyrrole nitrogens is 1. The summed E-state index contributed by atoms with van der Waals surface area (Å²) in [5, 5.41) is 22.1. The van der Waals surface area contributed by atoms with Gasteiger partial charge >= 0.3 is 0 Å². The van der Waals surface area contributed by atoms with Crippen LogP contribution >= 0.6 is 0 Å². The summed E-state index contributed by atoms with van der Waals surface area (Å²) in [6.07, 6.45) is 1.13. The van der Waals surface area contributed by atoms with Gasteiger partial charge in [-0.3, -0.25) is 4.79 Å². The van der Waals surface area contributed by atoms with Crippen molar-refractivity contribution in [1.29, 1.82) is 0 Å². The van der Waals surface area contributed by atoms with Gasteiger partial charge in [0.2, 0.25) is 0 Å². The van der Waals surface area contributed by atoms with Gasteiger partial charge < -0.3 is 10.0 Å². The SMILES string of the molecule is O=C(c1nn[nH]n1)N1CCCC(O)C1. The molecule has 1 fully saturated rings. The van der Waals surface area contributed by atoms with E-state index in [0.717, 1.165) is 12.8 Å². The molecule has 2 N–H and O–H groups in total. The van der Waals surface area contributed by atoms with Crippen LogP contribution in [0.5, 0.6) is 0 Å². The van der Waals surface area contributed by atoms with E-state index in [9.17, 15) is 9.90 Å².